The number of alkyl halides is 1. The van der Waals surface area contributed by atoms with Gasteiger partial charge in [0.25, 0.3) is 0 Å². The number of allylic oxidation sites excluding steroid dienone is 1. The van der Waals surface area contributed by atoms with Gasteiger partial charge in [-0.25, -0.2) is 0 Å². The van der Waals surface area contributed by atoms with Crippen molar-refractivity contribution in [1.82, 2.24) is 4.98 Å². The van der Waals surface area contributed by atoms with Crippen LogP contribution < -0.4 is 0 Å². The van der Waals surface area contributed by atoms with Gasteiger partial charge in [0.15, 0.2) is 0 Å². The van der Waals surface area contributed by atoms with E-state index in [1.54, 1.807) is 6.20 Å². The van der Waals surface area contributed by atoms with E-state index in [2.05, 4.69) is 4.98 Å². The van der Waals surface area contributed by atoms with E-state index in [4.69, 9.17) is 11.6 Å². The molecule has 1 heterocycles. The number of aryl methyl sites for hydroxylation is 1. The van der Waals surface area contributed by atoms with Crippen LogP contribution in [0.4, 0.5) is 0 Å². The Bertz CT molecular complexity index is 268. The molecule has 1 aromatic rings. The number of halogens is 1. The fourth-order valence-corrected chi connectivity index (χ4v) is 1.06. The van der Waals surface area contributed by atoms with Crippen molar-refractivity contribution in [2.24, 2.45) is 0 Å². The second kappa shape index (κ2) is 4.94. The van der Waals surface area contributed by atoms with Crippen LogP contribution in [-0.2, 0) is 0 Å². The van der Waals surface area contributed by atoms with Crippen LogP contribution in [0, 0.1) is 6.92 Å². The Kier molecular flexibility index (Phi) is 3.81. The number of nitrogens with zero attached hydrogens (tertiary/aromatic N) is 1. The first kappa shape index (κ1) is 9.27. The summed E-state index contributed by atoms with van der Waals surface area (Å²) in [7, 11) is 0. The van der Waals surface area contributed by atoms with Crippen molar-refractivity contribution >= 4 is 17.7 Å². The Morgan fingerprint density at radius 3 is 3.08 bits per heavy atom. The lowest BCUT2D eigenvalue weighted by atomic mass is 10.2. The molecule has 0 aliphatic carbocycles. The molecule has 0 N–H and O–H groups in total. The third kappa shape index (κ3) is 2.67. The Morgan fingerprint density at radius 1 is 1.58 bits per heavy atom. The van der Waals surface area contributed by atoms with E-state index in [1.165, 1.54) is 5.56 Å². The molecule has 0 amide bonds. The van der Waals surface area contributed by atoms with E-state index in [9.17, 15) is 0 Å². The van der Waals surface area contributed by atoms with Gasteiger partial charge < -0.3 is 0 Å². The lowest BCUT2D eigenvalue weighted by Gasteiger charge is -1.96. The minimum atomic E-state index is 0.669. The summed E-state index contributed by atoms with van der Waals surface area (Å²) < 4.78 is 0. The largest absolute Gasteiger partial charge is 0.257 e. The highest BCUT2D eigenvalue weighted by Crippen LogP contribution is 2.05. The molecule has 1 nitrogen and oxygen atoms in total. The van der Waals surface area contributed by atoms with Crippen LogP contribution in [0.2, 0.25) is 0 Å². The molecule has 0 unspecified atom stereocenters. The van der Waals surface area contributed by atoms with Gasteiger partial charge in [-0.3, -0.25) is 4.98 Å². The molecule has 12 heavy (non-hydrogen) atoms. The molecule has 0 aliphatic heterocycles. The van der Waals surface area contributed by atoms with E-state index >= 15 is 0 Å². The van der Waals surface area contributed by atoms with Crippen LogP contribution in [-0.4, -0.2) is 10.9 Å². The summed E-state index contributed by atoms with van der Waals surface area (Å²) in [5.41, 5.74) is 2.23. The molecule has 1 aromatic heterocycles. The maximum Gasteiger partial charge on any atom is 0.0655 e. The van der Waals surface area contributed by atoms with E-state index in [0.717, 1.165) is 12.1 Å². The zero-order valence-electron chi connectivity index (χ0n) is 7.13. The Labute approximate surface area is 78.1 Å². The summed E-state index contributed by atoms with van der Waals surface area (Å²) in [5, 5.41) is 0. The zero-order valence-corrected chi connectivity index (χ0v) is 7.88. The monoisotopic (exact) mass is 181 g/mol. The highest BCUT2D eigenvalue weighted by atomic mass is 35.5. The van der Waals surface area contributed by atoms with Crippen molar-refractivity contribution < 1.29 is 0 Å². The second-order valence-corrected chi connectivity index (χ2v) is 2.96. The molecule has 0 aliphatic rings. The first-order chi connectivity index (χ1) is 5.84. The highest BCUT2D eigenvalue weighted by molar-refractivity contribution is 6.17. The average molecular weight is 182 g/mol. The van der Waals surface area contributed by atoms with Gasteiger partial charge >= 0.3 is 0 Å². The van der Waals surface area contributed by atoms with Crippen LogP contribution in [0.15, 0.2) is 24.4 Å². The molecule has 0 atom stereocenters. The normalized spacial score (nSPS) is 10.8. The third-order valence-electron chi connectivity index (χ3n) is 1.60. The molecule has 0 saturated heterocycles. The topological polar surface area (TPSA) is 12.9 Å². The maximum atomic E-state index is 5.54. The number of rotatable bonds is 3. The number of aromatic nitrogens is 1. The summed E-state index contributed by atoms with van der Waals surface area (Å²) in [6.45, 7) is 2.05. The average Bonchev–Trinajstić information content (AvgIpc) is 2.09. The summed E-state index contributed by atoms with van der Waals surface area (Å²) in [6, 6.07) is 3.99. The van der Waals surface area contributed by atoms with E-state index in [-0.39, 0.29) is 0 Å². The quantitative estimate of drug-likeness (QED) is 0.654. The first-order valence-corrected chi connectivity index (χ1v) is 4.52. The fraction of sp³-hybridized carbons (Fsp3) is 0.300. The van der Waals surface area contributed by atoms with Crippen LogP contribution in [0.25, 0.3) is 6.08 Å². The Balaban J connectivity index is 2.68. The van der Waals surface area contributed by atoms with Crippen molar-refractivity contribution in [2.75, 3.05) is 5.88 Å². The fourth-order valence-electron chi connectivity index (χ4n) is 0.930. The van der Waals surface area contributed by atoms with Crippen molar-refractivity contribution in [3.8, 4) is 0 Å². The maximum absolute atomic E-state index is 5.54. The van der Waals surface area contributed by atoms with Gasteiger partial charge in [0.2, 0.25) is 0 Å². The number of hydrogen-bond donors (Lipinski definition) is 0. The van der Waals surface area contributed by atoms with Gasteiger partial charge in [-0.05, 0) is 31.1 Å². The molecular weight excluding hydrogens is 170 g/mol. The summed E-state index contributed by atoms with van der Waals surface area (Å²) in [6.07, 6.45) is 6.75. The number of pyridine rings is 1. The summed E-state index contributed by atoms with van der Waals surface area (Å²) >= 11 is 5.54. The van der Waals surface area contributed by atoms with Crippen LogP contribution in [0.3, 0.4) is 0 Å². The molecule has 2 heteroatoms. The third-order valence-corrected chi connectivity index (χ3v) is 1.82. The SMILES string of the molecule is Cc1cccnc1C=CCCCl. The molecule has 0 saturated carbocycles. The van der Waals surface area contributed by atoms with Gasteiger partial charge in [-0.2, -0.15) is 0 Å². The predicted molar refractivity (Wildman–Crippen MR) is 53.3 cm³/mol. The Morgan fingerprint density at radius 2 is 2.42 bits per heavy atom. The lowest BCUT2D eigenvalue weighted by molar-refractivity contribution is 1.21. The van der Waals surface area contributed by atoms with Gasteiger partial charge in [-0.1, -0.05) is 12.1 Å². The lowest BCUT2D eigenvalue weighted by Crippen LogP contribution is -1.83. The molecule has 0 bridgehead atoms. The minimum absolute atomic E-state index is 0.669. The molecule has 0 radical (unpaired) electrons. The van der Waals surface area contributed by atoms with E-state index in [1.807, 2.05) is 31.2 Å². The van der Waals surface area contributed by atoms with Crippen molar-refractivity contribution in [1.29, 1.82) is 0 Å². The van der Waals surface area contributed by atoms with Crippen LogP contribution in [0.1, 0.15) is 17.7 Å². The molecule has 0 spiro atoms. The molecule has 0 aromatic carbocycles. The first-order valence-electron chi connectivity index (χ1n) is 3.98. The molecular formula is C10H12ClN. The standard InChI is InChI=1S/C10H12ClN/c1-9-5-4-8-12-10(9)6-2-3-7-11/h2,4-6,8H,3,7H2,1H3. The van der Waals surface area contributed by atoms with Crippen molar-refractivity contribution in [2.45, 2.75) is 13.3 Å². The van der Waals surface area contributed by atoms with E-state index in [0.29, 0.717) is 5.88 Å². The van der Waals surface area contributed by atoms with Gasteiger partial charge in [0.1, 0.15) is 0 Å². The van der Waals surface area contributed by atoms with Gasteiger partial charge in [0, 0.05) is 12.1 Å². The predicted octanol–water partition coefficient (Wildman–Crippen LogP) is 3.03. The minimum Gasteiger partial charge on any atom is -0.257 e. The zero-order chi connectivity index (χ0) is 8.81. The Hall–Kier alpha value is -0.820. The van der Waals surface area contributed by atoms with Crippen LogP contribution >= 0.6 is 11.6 Å². The molecule has 1 rings (SSSR count). The number of hydrogen-bond acceptors (Lipinski definition) is 1. The van der Waals surface area contributed by atoms with Crippen LogP contribution in [0.5, 0.6) is 0 Å². The summed E-state index contributed by atoms with van der Waals surface area (Å²) in [5.74, 6) is 0.669. The molecule has 64 valence electrons. The van der Waals surface area contributed by atoms with Crippen molar-refractivity contribution in [3.63, 3.8) is 0 Å². The summed E-state index contributed by atoms with van der Waals surface area (Å²) in [4.78, 5) is 4.22. The smallest absolute Gasteiger partial charge is 0.0655 e. The van der Waals surface area contributed by atoms with Gasteiger partial charge in [0.05, 0.1) is 5.69 Å². The highest BCUT2D eigenvalue weighted by Gasteiger charge is 1.90. The second-order valence-electron chi connectivity index (χ2n) is 2.59. The molecule has 0 fully saturated rings. The van der Waals surface area contributed by atoms with E-state index < -0.39 is 0 Å². The van der Waals surface area contributed by atoms with Gasteiger partial charge in [-0.15, -0.1) is 11.6 Å². The van der Waals surface area contributed by atoms with Crippen molar-refractivity contribution in [3.05, 3.63) is 35.7 Å².